The monoisotopic (exact) mass is 267 g/mol. The Kier molecular flexibility index (Phi) is 4.00. The lowest BCUT2D eigenvalue weighted by atomic mass is 10.2. The first kappa shape index (κ1) is 12.8. The van der Waals surface area contributed by atoms with Crippen molar-refractivity contribution in [3.05, 3.63) is 20.3 Å². The molecule has 0 bridgehead atoms. The van der Waals surface area contributed by atoms with Crippen LogP contribution in [0.25, 0.3) is 0 Å². The number of nitrogens with one attached hydrogen (secondary N) is 1. The van der Waals surface area contributed by atoms with E-state index in [4.69, 9.17) is 28.0 Å². The van der Waals surface area contributed by atoms with Crippen molar-refractivity contribution < 1.29 is 9.63 Å². The van der Waals surface area contributed by atoms with E-state index in [1.165, 1.54) is 6.07 Å². The normalized spacial score (nSPS) is 11.5. The van der Waals surface area contributed by atoms with Gasteiger partial charge in [-0.05, 0) is 26.8 Å². The van der Waals surface area contributed by atoms with E-state index < -0.39 is 11.5 Å². The molecule has 0 saturated heterocycles. The lowest BCUT2D eigenvalue weighted by molar-refractivity contribution is -0.0589. The molecule has 1 rings (SSSR count). The Morgan fingerprint density at radius 2 is 2.07 bits per heavy atom. The molecule has 1 aromatic heterocycles. The van der Waals surface area contributed by atoms with Gasteiger partial charge in [0, 0.05) is 0 Å². The number of hydrogen-bond acceptors (Lipinski definition) is 3. The molecule has 0 unspecified atom stereocenters. The number of rotatable bonds is 2. The molecule has 3 nitrogen and oxygen atoms in total. The zero-order chi connectivity index (χ0) is 11.6. The maximum absolute atomic E-state index is 11.6. The van der Waals surface area contributed by atoms with Gasteiger partial charge in [-0.2, -0.15) is 0 Å². The van der Waals surface area contributed by atoms with E-state index in [1.54, 1.807) is 0 Å². The molecular weight excluding hydrogens is 257 g/mol. The molecule has 6 heteroatoms. The smallest absolute Gasteiger partial charge is 0.268 e. The highest BCUT2D eigenvalue weighted by Gasteiger charge is 2.17. The van der Waals surface area contributed by atoms with Gasteiger partial charge < -0.3 is 0 Å². The fourth-order valence-electron chi connectivity index (χ4n) is 0.749. The Bertz CT molecular complexity index is 371. The van der Waals surface area contributed by atoms with Gasteiger partial charge in [-0.1, -0.05) is 23.2 Å². The second-order valence-electron chi connectivity index (χ2n) is 3.88. The van der Waals surface area contributed by atoms with Crippen LogP contribution in [0.15, 0.2) is 6.07 Å². The molecule has 1 heterocycles. The molecule has 0 saturated carbocycles. The minimum Gasteiger partial charge on any atom is -0.268 e. The van der Waals surface area contributed by atoms with E-state index in [1.807, 2.05) is 20.8 Å². The van der Waals surface area contributed by atoms with Gasteiger partial charge in [-0.25, -0.2) is 5.48 Å². The van der Waals surface area contributed by atoms with E-state index in [0.29, 0.717) is 14.2 Å². The third-order valence-corrected chi connectivity index (χ3v) is 2.84. The summed E-state index contributed by atoms with van der Waals surface area (Å²) in [6.45, 7) is 5.49. The van der Waals surface area contributed by atoms with E-state index in [0.717, 1.165) is 11.3 Å². The largest absolute Gasteiger partial charge is 0.277 e. The van der Waals surface area contributed by atoms with Crippen LogP contribution in [-0.4, -0.2) is 11.5 Å². The first-order chi connectivity index (χ1) is 6.79. The van der Waals surface area contributed by atoms with E-state index in [2.05, 4.69) is 5.48 Å². The van der Waals surface area contributed by atoms with E-state index in [9.17, 15) is 4.79 Å². The molecule has 1 aromatic rings. The fraction of sp³-hybridized carbons (Fsp3) is 0.444. The zero-order valence-electron chi connectivity index (χ0n) is 8.56. The lowest BCUT2D eigenvalue weighted by Gasteiger charge is -2.18. The summed E-state index contributed by atoms with van der Waals surface area (Å²) in [6, 6.07) is 1.51. The summed E-state index contributed by atoms with van der Waals surface area (Å²) in [4.78, 5) is 16.7. The van der Waals surface area contributed by atoms with Crippen molar-refractivity contribution in [3.63, 3.8) is 0 Å². The Hall–Kier alpha value is -0.290. The van der Waals surface area contributed by atoms with Crippen LogP contribution in [0.1, 0.15) is 31.1 Å². The number of carbonyl (C=O) groups is 1. The second kappa shape index (κ2) is 4.70. The molecule has 1 amide bonds. The van der Waals surface area contributed by atoms with Gasteiger partial charge in [0.1, 0.15) is 4.34 Å². The summed E-state index contributed by atoms with van der Waals surface area (Å²) in [7, 11) is 0. The Balaban J connectivity index is 2.66. The van der Waals surface area contributed by atoms with Crippen molar-refractivity contribution in [2.45, 2.75) is 26.4 Å². The van der Waals surface area contributed by atoms with Gasteiger partial charge in [0.15, 0.2) is 0 Å². The average molecular weight is 268 g/mol. The van der Waals surface area contributed by atoms with Crippen LogP contribution >= 0.6 is 34.5 Å². The number of hydroxylamine groups is 1. The highest BCUT2D eigenvalue weighted by Crippen LogP contribution is 2.31. The first-order valence-corrected chi connectivity index (χ1v) is 5.80. The van der Waals surface area contributed by atoms with Gasteiger partial charge in [0.2, 0.25) is 0 Å². The number of halogens is 2. The third kappa shape index (κ3) is 3.99. The summed E-state index contributed by atoms with van der Waals surface area (Å²) in [6.07, 6.45) is 0. The van der Waals surface area contributed by atoms with Gasteiger partial charge in [-0.3, -0.25) is 9.63 Å². The van der Waals surface area contributed by atoms with Gasteiger partial charge in [0.05, 0.1) is 15.5 Å². The number of carbonyl (C=O) groups excluding carboxylic acids is 1. The Morgan fingerprint density at radius 3 is 2.47 bits per heavy atom. The number of thiophene rings is 1. The van der Waals surface area contributed by atoms with Crippen molar-refractivity contribution in [1.29, 1.82) is 0 Å². The van der Waals surface area contributed by atoms with Crippen LogP contribution in [0.4, 0.5) is 0 Å². The number of amides is 1. The maximum atomic E-state index is 11.6. The van der Waals surface area contributed by atoms with Crippen LogP contribution in [0, 0.1) is 0 Å². The minimum atomic E-state index is -0.443. The lowest BCUT2D eigenvalue weighted by Crippen LogP contribution is -2.33. The Labute approximate surface area is 102 Å². The molecule has 0 aliphatic rings. The van der Waals surface area contributed by atoms with Crippen molar-refractivity contribution in [2.24, 2.45) is 0 Å². The first-order valence-electron chi connectivity index (χ1n) is 4.23. The minimum absolute atomic E-state index is 0.330. The van der Waals surface area contributed by atoms with Crippen LogP contribution in [-0.2, 0) is 4.84 Å². The standard InChI is InChI=1S/C9H11Cl2NO2S/c1-9(2,3)14-12-8(13)5-4-6(10)15-7(5)11/h4H,1-3H3,(H,12,13). The second-order valence-corrected chi connectivity index (χ2v) is 6.17. The predicted molar refractivity (Wildman–Crippen MR) is 62.6 cm³/mol. The molecule has 0 aliphatic heterocycles. The van der Waals surface area contributed by atoms with Crippen LogP contribution < -0.4 is 5.48 Å². The van der Waals surface area contributed by atoms with Crippen LogP contribution in [0.5, 0.6) is 0 Å². The van der Waals surface area contributed by atoms with Crippen molar-refractivity contribution in [1.82, 2.24) is 5.48 Å². The molecule has 15 heavy (non-hydrogen) atoms. The molecule has 0 radical (unpaired) electrons. The molecule has 0 fully saturated rings. The quantitative estimate of drug-likeness (QED) is 0.833. The molecule has 0 aliphatic carbocycles. The number of hydrogen-bond donors (Lipinski definition) is 1. The average Bonchev–Trinajstić information content (AvgIpc) is 2.40. The summed E-state index contributed by atoms with van der Waals surface area (Å²) in [5.41, 5.74) is 2.20. The molecule has 84 valence electrons. The molecule has 0 aromatic carbocycles. The summed E-state index contributed by atoms with van der Waals surface area (Å²) in [5, 5.41) is 0. The van der Waals surface area contributed by atoms with Crippen molar-refractivity contribution >= 4 is 40.4 Å². The van der Waals surface area contributed by atoms with Crippen LogP contribution in [0.2, 0.25) is 8.67 Å². The summed E-state index contributed by atoms with van der Waals surface area (Å²) in [5.74, 6) is -0.391. The van der Waals surface area contributed by atoms with Crippen molar-refractivity contribution in [3.8, 4) is 0 Å². The summed E-state index contributed by atoms with van der Waals surface area (Å²) >= 11 is 12.7. The summed E-state index contributed by atoms with van der Waals surface area (Å²) < 4.78 is 0.830. The topological polar surface area (TPSA) is 38.3 Å². The van der Waals surface area contributed by atoms with E-state index >= 15 is 0 Å². The molecule has 0 atom stereocenters. The van der Waals surface area contributed by atoms with Crippen molar-refractivity contribution in [2.75, 3.05) is 0 Å². The predicted octanol–water partition coefficient (Wildman–Crippen LogP) is 3.51. The van der Waals surface area contributed by atoms with Gasteiger partial charge in [0.25, 0.3) is 5.91 Å². The Morgan fingerprint density at radius 1 is 1.47 bits per heavy atom. The van der Waals surface area contributed by atoms with Gasteiger partial charge in [-0.15, -0.1) is 11.3 Å². The molecule has 1 N–H and O–H groups in total. The highest BCUT2D eigenvalue weighted by atomic mass is 35.5. The SMILES string of the molecule is CC(C)(C)ONC(=O)c1cc(Cl)sc1Cl. The third-order valence-electron chi connectivity index (χ3n) is 1.35. The zero-order valence-corrected chi connectivity index (χ0v) is 10.9. The highest BCUT2D eigenvalue weighted by molar-refractivity contribution is 7.20. The maximum Gasteiger partial charge on any atom is 0.277 e. The van der Waals surface area contributed by atoms with Gasteiger partial charge >= 0.3 is 0 Å². The fourth-order valence-corrected chi connectivity index (χ4v) is 2.21. The van der Waals surface area contributed by atoms with Crippen LogP contribution in [0.3, 0.4) is 0 Å². The molecule has 0 spiro atoms. The molecular formula is C9H11Cl2NO2S. The van der Waals surface area contributed by atoms with E-state index in [-0.39, 0.29) is 0 Å².